The lowest BCUT2D eigenvalue weighted by molar-refractivity contribution is -0.150. The third-order valence-electron chi connectivity index (χ3n) is 4.36. The molecular formula is C24H29NO7. The summed E-state index contributed by atoms with van der Waals surface area (Å²) in [5, 5.41) is 12.5. The quantitative estimate of drug-likeness (QED) is 0.476. The van der Waals surface area contributed by atoms with E-state index in [2.05, 4.69) is 10.1 Å². The number of amides is 1. The van der Waals surface area contributed by atoms with E-state index in [9.17, 15) is 19.5 Å². The fourth-order valence-electron chi connectivity index (χ4n) is 2.79. The molecule has 0 saturated heterocycles. The highest BCUT2D eigenvalue weighted by Gasteiger charge is 2.26. The van der Waals surface area contributed by atoms with Crippen molar-refractivity contribution in [2.24, 2.45) is 0 Å². The summed E-state index contributed by atoms with van der Waals surface area (Å²) in [7, 11) is 1.19. The fraction of sp³-hybridized carbons (Fsp3) is 0.375. The van der Waals surface area contributed by atoms with Gasteiger partial charge < -0.3 is 24.6 Å². The van der Waals surface area contributed by atoms with Gasteiger partial charge in [0, 0.05) is 6.42 Å². The number of carbonyl (C=O) groups excluding carboxylic acids is 3. The molecule has 0 aromatic heterocycles. The molecule has 2 N–H and O–H groups in total. The van der Waals surface area contributed by atoms with Crippen molar-refractivity contribution in [2.45, 2.75) is 51.5 Å². The molecule has 32 heavy (non-hydrogen) atoms. The number of aliphatic hydroxyl groups excluding tert-OH is 1. The van der Waals surface area contributed by atoms with E-state index in [1.807, 2.05) is 30.3 Å². The van der Waals surface area contributed by atoms with Crippen molar-refractivity contribution in [2.75, 3.05) is 7.11 Å². The minimum atomic E-state index is -1.40. The molecule has 1 amide bonds. The van der Waals surface area contributed by atoms with E-state index >= 15 is 0 Å². The fourth-order valence-corrected chi connectivity index (χ4v) is 2.79. The van der Waals surface area contributed by atoms with Crippen LogP contribution in [-0.2, 0) is 36.8 Å². The zero-order valence-electron chi connectivity index (χ0n) is 18.7. The number of rotatable bonds is 8. The van der Waals surface area contributed by atoms with Crippen LogP contribution in [0.3, 0.4) is 0 Å². The van der Waals surface area contributed by atoms with Gasteiger partial charge in [-0.2, -0.15) is 0 Å². The lowest BCUT2D eigenvalue weighted by atomic mass is 10.0. The summed E-state index contributed by atoms with van der Waals surface area (Å²) >= 11 is 0. The highest BCUT2D eigenvalue weighted by atomic mass is 16.6. The number of esters is 2. The van der Waals surface area contributed by atoms with E-state index in [1.165, 1.54) is 7.11 Å². The van der Waals surface area contributed by atoms with Crippen LogP contribution < -0.4 is 5.32 Å². The average Bonchev–Trinajstić information content (AvgIpc) is 2.76. The number of carbonyl (C=O) groups is 3. The maximum absolute atomic E-state index is 12.7. The van der Waals surface area contributed by atoms with Crippen LogP contribution in [0, 0.1) is 0 Å². The number of hydrogen-bond donors (Lipinski definition) is 2. The number of benzene rings is 2. The van der Waals surface area contributed by atoms with Crippen molar-refractivity contribution >= 4 is 18.0 Å². The summed E-state index contributed by atoms with van der Waals surface area (Å²) in [6.45, 7) is 5.23. The molecule has 8 heteroatoms. The third kappa shape index (κ3) is 8.03. The highest BCUT2D eigenvalue weighted by molar-refractivity contribution is 5.82. The molecule has 172 valence electrons. The monoisotopic (exact) mass is 443 g/mol. The number of nitrogens with one attached hydrogen (secondary N) is 1. The number of hydrogen-bond acceptors (Lipinski definition) is 7. The lowest BCUT2D eigenvalue weighted by Gasteiger charge is -2.23. The zero-order valence-corrected chi connectivity index (χ0v) is 18.7. The standard InChI is InChI=1S/C24H29NO7/c1-24(2,3)32-23(29)25-19(21(27)31-15-17-8-6-5-7-9-17)14-16-10-12-18(13-11-16)20(26)22(28)30-4/h5-13,19-20,26H,14-15H2,1-4H3,(H,25,29)/t19-,20+/m0/s1. The molecule has 0 unspecified atom stereocenters. The van der Waals surface area contributed by atoms with Gasteiger partial charge in [0.05, 0.1) is 7.11 Å². The van der Waals surface area contributed by atoms with Gasteiger partial charge in [-0.25, -0.2) is 14.4 Å². The second-order valence-corrected chi connectivity index (χ2v) is 8.16. The Morgan fingerprint density at radius 1 is 0.938 bits per heavy atom. The van der Waals surface area contributed by atoms with Crippen molar-refractivity contribution in [1.82, 2.24) is 5.32 Å². The van der Waals surface area contributed by atoms with E-state index in [0.29, 0.717) is 11.1 Å². The molecule has 8 nitrogen and oxygen atoms in total. The third-order valence-corrected chi connectivity index (χ3v) is 4.36. The molecule has 0 radical (unpaired) electrons. The summed E-state index contributed by atoms with van der Waals surface area (Å²) in [4.78, 5) is 36.5. The van der Waals surface area contributed by atoms with Gasteiger partial charge in [-0.05, 0) is 37.5 Å². The van der Waals surface area contributed by atoms with Gasteiger partial charge in [-0.3, -0.25) is 0 Å². The Balaban J connectivity index is 2.11. The van der Waals surface area contributed by atoms with Gasteiger partial charge in [0.25, 0.3) is 0 Å². The van der Waals surface area contributed by atoms with E-state index in [4.69, 9.17) is 9.47 Å². The van der Waals surface area contributed by atoms with Crippen LogP contribution >= 0.6 is 0 Å². The van der Waals surface area contributed by atoms with Gasteiger partial charge in [0.2, 0.25) is 0 Å². The van der Waals surface area contributed by atoms with Crippen LogP contribution in [0.25, 0.3) is 0 Å². The summed E-state index contributed by atoms with van der Waals surface area (Å²) in [6.07, 6.45) is -2.01. The van der Waals surface area contributed by atoms with Crippen molar-refractivity contribution in [3.63, 3.8) is 0 Å². The predicted molar refractivity (Wildman–Crippen MR) is 117 cm³/mol. The molecule has 2 rings (SSSR count). The molecule has 0 aliphatic heterocycles. The maximum atomic E-state index is 12.7. The Labute approximate surface area is 187 Å². The Kier molecular flexibility index (Phi) is 8.78. The molecular weight excluding hydrogens is 414 g/mol. The number of aliphatic hydroxyl groups is 1. The van der Waals surface area contributed by atoms with Crippen molar-refractivity contribution < 1.29 is 33.7 Å². The minimum Gasteiger partial charge on any atom is -0.467 e. The van der Waals surface area contributed by atoms with Crippen LogP contribution in [0.5, 0.6) is 0 Å². The first-order chi connectivity index (χ1) is 15.1. The highest BCUT2D eigenvalue weighted by Crippen LogP contribution is 2.17. The summed E-state index contributed by atoms with van der Waals surface area (Å²) in [5.74, 6) is -1.38. The van der Waals surface area contributed by atoms with Gasteiger partial charge in [-0.1, -0.05) is 54.6 Å². The first kappa shape index (κ1) is 24.9. The largest absolute Gasteiger partial charge is 0.467 e. The molecule has 0 aliphatic rings. The minimum absolute atomic E-state index is 0.0659. The van der Waals surface area contributed by atoms with Crippen molar-refractivity contribution in [3.05, 3.63) is 71.3 Å². The SMILES string of the molecule is COC(=O)[C@H](O)c1ccc(C[C@H](NC(=O)OC(C)(C)C)C(=O)OCc2ccccc2)cc1. The summed E-state index contributed by atoms with van der Waals surface area (Å²) < 4.78 is 15.2. The Hall–Kier alpha value is -3.39. The van der Waals surface area contributed by atoms with Gasteiger partial charge in [0.1, 0.15) is 18.2 Å². The Morgan fingerprint density at radius 3 is 2.12 bits per heavy atom. The van der Waals surface area contributed by atoms with Crippen LogP contribution in [0.4, 0.5) is 4.79 Å². The average molecular weight is 443 g/mol. The molecule has 2 atom stereocenters. The second-order valence-electron chi connectivity index (χ2n) is 8.16. The van der Waals surface area contributed by atoms with Gasteiger partial charge >= 0.3 is 18.0 Å². The first-order valence-corrected chi connectivity index (χ1v) is 10.1. The number of methoxy groups -OCH3 is 1. The number of ether oxygens (including phenoxy) is 3. The molecule has 2 aromatic rings. The summed E-state index contributed by atoms with van der Waals surface area (Å²) in [5.41, 5.74) is 1.12. The Bertz CT molecular complexity index is 904. The van der Waals surface area contributed by atoms with Crippen LogP contribution in [0.15, 0.2) is 54.6 Å². The molecule has 0 heterocycles. The summed E-state index contributed by atoms with van der Waals surface area (Å²) in [6, 6.07) is 14.6. The van der Waals surface area contributed by atoms with Gasteiger partial charge in [0.15, 0.2) is 6.10 Å². The van der Waals surface area contributed by atoms with Crippen LogP contribution in [0.2, 0.25) is 0 Å². The zero-order chi connectivity index (χ0) is 23.7. The van der Waals surface area contributed by atoms with Crippen LogP contribution in [0.1, 0.15) is 43.6 Å². The molecule has 0 saturated carbocycles. The van der Waals surface area contributed by atoms with Crippen molar-refractivity contribution in [3.8, 4) is 0 Å². The normalized spacial score (nSPS) is 12.9. The second kappa shape index (κ2) is 11.3. The predicted octanol–water partition coefficient (Wildman–Crippen LogP) is 3.07. The van der Waals surface area contributed by atoms with Crippen molar-refractivity contribution in [1.29, 1.82) is 0 Å². The number of alkyl carbamates (subject to hydrolysis) is 1. The van der Waals surface area contributed by atoms with E-state index < -0.39 is 35.8 Å². The van der Waals surface area contributed by atoms with Gasteiger partial charge in [-0.15, -0.1) is 0 Å². The van der Waals surface area contributed by atoms with E-state index in [-0.39, 0.29) is 13.0 Å². The Morgan fingerprint density at radius 2 is 1.56 bits per heavy atom. The maximum Gasteiger partial charge on any atom is 0.408 e. The smallest absolute Gasteiger partial charge is 0.408 e. The molecule has 2 aromatic carbocycles. The topological polar surface area (TPSA) is 111 Å². The molecule has 0 fully saturated rings. The van der Waals surface area contributed by atoms with E-state index in [0.717, 1.165) is 5.56 Å². The molecule has 0 aliphatic carbocycles. The van der Waals surface area contributed by atoms with E-state index in [1.54, 1.807) is 45.0 Å². The van der Waals surface area contributed by atoms with Crippen LogP contribution in [-0.4, -0.2) is 41.9 Å². The molecule has 0 bridgehead atoms. The first-order valence-electron chi connectivity index (χ1n) is 10.1. The lowest BCUT2D eigenvalue weighted by Crippen LogP contribution is -2.45. The molecule has 0 spiro atoms.